The van der Waals surface area contributed by atoms with E-state index in [1.807, 2.05) is 21.6 Å². The van der Waals surface area contributed by atoms with Crippen LogP contribution in [0, 0.1) is 5.92 Å². The van der Waals surface area contributed by atoms with Crippen molar-refractivity contribution in [3.05, 3.63) is 0 Å². The van der Waals surface area contributed by atoms with Crippen molar-refractivity contribution in [1.29, 1.82) is 0 Å². The molecular formula is C11H20S3. The Morgan fingerprint density at radius 2 is 1.71 bits per heavy atom. The summed E-state index contributed by atoms with van der Waals surface area (Å²) in [6.07, 6.45) is 6.83. The maximum Gasteiger partial charge on any atom is 0.0618 e. The SMILES string of the molecule is CC(C)(C)SSC(=S)C1CCCCC1. The van der Waals surface area contributed by atoms with Crippen molar-refractivity contribution in [2.75, 3.05) is 0 Å². The summed E-state index contributed by atoms with van der Waals surface area (Å²) in [4.78, 5) is 0. The van der Waals surface area contributed by atoms with Gasteiger partial charge in [-0.1, -0.05) is 63.0 Å². The maximum atomic E-state index is 5.48. The van der Waals surface area contributed by atoms with Gasteiger partial charge in [-0.2, -0.15) is 0 Å². The molecule has 0 aromatic heterocycles. The molecule has 0 amide bonds. The predicted molar refractivity (Wildman–Crippen MR) is 74.1 cm³/mol. The van der Waals surface area contributed by atoms with Gasteiger partial charge in [-0.15, -0.1) is 0 Å². The van der Waals surface area contributed by atoms with Gasteiger partial charge in [0.15, 0.2) is 0 Å². The van der Waals surface area contributed by atoms with E-state index >= 15 is 0 Å². The van der Waals surface area contributed by atoms with E-state index in [9.17, 15) is 0 Å². The molecule has 3 heteroatoms. The summed E-state index contributed by atoms with van der Waals surface area (Å²) in [5.41, 5.74) is 0. The average Bonchev–Trinajstić information content (AvgIpc) is 2.14. The van der Waals surface area contributed by atoms with Crippen LogP contribution in [0.3, 0.4) is 0 Å². The van der Waals surface area contributed by atoms with Crippen LogP contribution in [0.15, 0.2) is 0 Å². The van der Waals surface area contributed by atoms with Gasteiger partial charge in [0.1, 0.15) is 0 Å². The Bertz CT molecular complexity index is 187. The van der Waals surface area contributed by atoms with Crippen LogP contribution in [0.4, 0.5) is 0 Å². The molecule has 0 bridgehead atoms. The van der Waals surface area contributed by atoms with Crippen molar-refractivity contribution in [2.45, 2.75) is 57.6 Å². The molecule has 0 atom stereocenters. The molecule has 82 valence electrons. The van der Waals surface area contributed by atoms with Crippen LogP contribution in [-0.4, -0.2) is 8.94 Å². The highest BCUT2D eigenvalue weighted by Gasteiger charge is 2.20. The molecule has 0 N–H and O–H groups in total. The van der Waals surface area contributed by atoms with Crippen LogP contribution in [0.5, 0.6) is 0 Å². The van der Waals surface area contributed by atoms with E-state index in [1.165, 1.54) is 36.3 Å². The summed E-state index contributed by atoms with van der Waals surface area (Å²) in [5, 5.41) is 0. The first-order valence-corrected chi connectivity index (χ1v) is 7.94. The summed E-state index contributed by atoms with van der Waals surface area (Å²) in [5.74, 6) is 0.721. The molecule has 0 radical (unpaired) electrons. The Morgan fingerprint density at radius 1 is 1.14 bits per heavy atom. The van der Waals surface area contributed by atoms with Gasteiger partial charge in [-0.25, -0.2) is 0 Å². The summed E-state index contributed by atoms with van der Waals surface area (Å²) in [6, 6.07) is 0. The molecule has 1 saturated carbocycles. The Morgan fingerprint density at radius 3 is 2.21 bits per heavy atom. The predicted octanol–water partition coefficient (Wildman–Crippen LogP) is 5.07. The third kappa shape index (κ3) is 5.04. The van der Waals surface area contributed by atoms with Gasteiger partial charge >= 0.3 is 0 Å². The summed E-state index contributed by atoms with van der Waals surface area (Å²) in [7, 11) is 3.75. The normalized spacial score (nSPS) is 19.6. The molecule has 1 rings (SSSR count). The molecule has 0 nitrogen and oxygen atoms in total. The third-order valence-corrected chi connectivity index (χ3v) is 6.58. The van der Waals surface area contributed by atoms with Crippen molar-refractivity contribution < 1.29 is 0 Å². The fraction of sp³-hybridized carbons (Fsp3) is 0.909. The van der Waals surface area contributed by atoms with Gasteiger partial charge < -0.3 is 0 Å². The topological polar surface area (TPSA) is 0 Å². The van der Waals surface area contributed by atoms with Crippen molar-refractivity contribution in [3.8, 4) is 0 Å². The van der Waals surface area contributed by atoms with E-state index in [0.29, 0.717) is 4.75 Å². The first-order chi connectivity index (χ1) is 6.49. The lowest BCUT2D eigenvalue weighted by molar-refractivity contribution is 0.446. The van der Waals surface area contributed by atoms with E-state index in [-0.39, 0.29) is 0 Å². The summed E-state index contributed by atoms with van der Waals surface area (Å²) < 4.78 is 1.56. The molecule has 0 saturated heterocycles. The van der Waals surface area contributed by atoms with Gasteiger partial charge in [0.05, 0.1) is 4.20 Å². The second-order valence-corrected chi connectivity index (χ2v) is 8.63. The lowest BCUT2D eigenvalue weighted by atomic mass is 9.91. The highest BCUT2D eigenvalue weighted by atomic mass is 33.1. The lowest BCUT2D eigenvalue weighted by Gasteiger charge is -2.23. The van der Waals surface area contributed by atoms with Gasteiger partial charge in [0.25, 0.3) is 0 Å². The minimum atomic E-state index is 0.323. The maximum absolute atomic E-state index is 5.48. The Balaban J connectivity index is 2.27. The molecule has 1 aliphatic rings. The van der Waals surface area contributed by atoms with Crippen molar-refractivity contribution in [2.24, 2.45) is 5.92 Å². The molecule has 0 unspecified atom stereocenters. The number of hydrogen-bond acceptors (Lipinski definition) is 3. The van der Waals surface area contributed by atoms with Crippen LogP contribution < -0.4 is 0 Å². The van der Waals surface area contributed by atoms with Crippen LogP contribution in [0.25, 0.3) is 0 Å². The largest absolute Gasteiger partial charge is 0.0824 e. The number of hydrogen-bond donors (Lipinski definition) is 0. The first kappa shape index (κ1) is 12.9. The van der Waals surface area contributed by atoms with E-state index in [2.05, 4.69) is 20.8 Å². The fourth-order valence-electron chi connectivity index (χ4n) is 1.57. The second kappa shape index (κ2) is 5.76. The molecule has 0 aliphatic heterocycles. The average molecular weight is 248 g/mol. The molecule has 1 aliphatic carbocycles. The zero-order valence-corrected chi connectivity index (χ0v) is 11.8. The van der Waals surface area contributed by atoms with Gasteiger partial charge in [0.2, 0.25) is 0 Å². The smallest absolute Gasteiger partial charge is 0.0618 e. The molecule has 0 aromatic carbocycles. The van der Waals surface area contributed by atoms with Crippen molar-refractivity contribution >= 4 is 38.0 Å². The molecular weight excluding hydrogens is 228 g/mol. The van der Waals surface area contributed by atoms with Crippen LogP contribution in [-0.2, 0) is 0 Å². The third-order valence-electron chi connectivity index (χ3n) is 2.31. The summed E-state index contributed by atoms with van der Waals surface area (Å²) in [6.45, 7) is 6.73. The number of rotatable bonds is 2. The van der Waals surface area contributed by atoms with Crippen LogP contribution in [0.2, 0.25) is 0 Å². The molecule has 1 fully saturated rings. The Kier molecular flexibility index (Phi) is 5.29. The van der Waals surface area contributed by atoms with Crippen molar-refractivity contribution in [1.82, 2.24) is 0 Å². The zero-order valence-electron chi connectivity index (χ0n) is 9.34. The highest BCUT2D eigenvalue weighted by Crippen LogP contribution is 2.40. The van der Waals surface area contributed by atoms with Gasteiger partial charge in [-0.05, 0) is 23.6 Å². The summed E-state index contributed by atoms with van der Waals surface area (Å²) >= 11 is 5.48. The minimum absolute atomic E-state index is 0.323. The lowest BCUT2D eigenvalue weighted by Crippen LogP contribution is -2.14. The Labute approximate surface area is 101 Å². The van der Waals surface area contributed by atoms with E-state index in [4.69, 9.17) is 12.2 Å². The van der Waals surface area contributed by atoms with Crippen LogP contribution >= 0.6 is 33.8 Å². The van der Waals surface area contributed by atoms with E-state index in [0.717, 1.165) is 5.92 Å². The molecule has 0 spiro atoms. The quantitative estimate of drug-likeness (QED) is 0.494. The van der Waals surface area contributed by atoms with Gasteiger partial charge in [0, 0.05) is 10.7 Å². The van der Waals surface area contributed by atoms with Gasteiger partial charge in [-0.3, -0.25) is 0 Å². The monoisotopic (exact) mass is 248 g/mol. The van der Waals surface area contributed by atoms with Crippen LogP contribution in [0.1, 0.15) is 52.9 Å². The van der Waals surface area contributed by atoms with E-state index < -0.39 is 0 Å². The molecule has 0 heterocycles. The highest BCUT2D eigenvalue weighted by molar-refractivity contribution is 8.84. The second-order valence-electron chi connectivity index (χ2n) is 4.93. The van der Waals surface area contributed by atoms with E-state index in [1.54, 1.807) is 0 Å². The fourth-order valence-corrected chi connectivity index (χ4v) is 4.22. The minimum Gasteiger partial charge on any atom is -0.0824 e. The number of thiocarbonyl (C=S) groups is 1. The Hall–Kier alpha value is 0.790. The van der Waals surface area contributed by atoms with Crippen molar-refractivity contribution in [3.63, 3.8) is 0 Å². The zero-order chi connectivity index (χ0) is 10.6. The standard InChI is InChI=1S/C11H20S3/c1-11(2,3)14-13-10(12)9-7-5-4-6-8-9/h9H,4-8H2,1-3H3. The molecule has 0 aromatic rings. The first-order valence-electron chi connectivity index (χ1n) is 5.38. The molecule has 14 heavy (non-hydrogen) atoms.